The van der Waals surface area contributed by atoms with Gasteiger partial charge >= 0.3 is 0 Å². The van der Waals surface area contributed by atoms with Crippen molar-refractivity contribution in [1.82, 2.24) is 5.32 Å². The highest BCUT2D eigenvalue weighted by Gasteiger charge is 2.08. The van der Waals surface area contributed by atoms with Crippen LogP contribution in [0, 0.1) is 0 Å². The van der Waals surface area contributed by atoms with Crippen LogP contribution in [-0.2, 0) is 13.2 Å². The van der Waals surface area contributed by atoms with Crippen LogP contribution in [0.2, 0.25) is 0 Å². The van der Waals surface area contributed by atoms with Gasteiger partial charge in [-0.3, -0.25) is 0 Å². The van der Waals surface area contributed by atoms with E-state index in [-0.39, 0.29) is 0 Å². The van der Waals surface area contributed by atoms with Crippen LogP contribution in [0.15, 0.2) is 45.3 Å². The van der Waals surface area contributed by atoms with Gasteiger partial charge in [0.05, 0.1) is 7.11 Å². The Morgan fingerprint density at radius 2 is 1.57 bits per heavy atom. The molecule has 3 nitrogen and oxygen atoms in total. The first-order chi connectivity index (χ1) is 10.1. The highest BCUT2D eigenvalue weighted by molar-refractivity contribution is 9.10. The lowest BCUT2D eigenvalue weighted by molar-refractivity contribution is 0.293. The maximum absolute atomic E-state index is 5.97. The van der Waals surface area contributed by atoms with E-state index in [4.69, 9.17) is 9.47 Å². The summed E-state index contributed by atoms with van der Waals surface area (Å²) >= 11 is 6.96. The highest BCUT2D eigenvalue weighted by atomic mass is 79.9. The molecule has 0 unspecified atom stereocenters. The lowest BCUT2D eigenvalue weighted by Crippen LogP contribution is -2.08. The Morgan fingerprint density at radius 3 is 2.19 bits per heavy atom. The van der Waals surface area contributed by atoms with Gasteiger partial charge in [-0.15, -0.1) is 0 Å². The lowest BCUT2D eigenvalue weighted by Gasteiger charge is -2.14. The number of halogens is 2. The number of benzene rings is 2. The molecule has 5 heteroatoms. The maximum atomic E-state index is 5.97. The summed E-state index contributed by atoms with van der Waals surface area (Å²) in [7, 11) is 3.58. The third kappa shape index (κ3) is 4.46. The van der Waals surface area contributed by atoms with Crippen molar-refractivity contribution in [2.75, 3.05) is 14.2 Å². The number of methoxy groups -OCH3 is 1. The van der Waals surface area contributed by atoms with E-state index in [1.165, 1.54) is 0 Å². The molecule has 0 bridgehead atoms. The zero-order valence-corrected chi connectivity index (χ0v) is 15.1. The SMILES string of the molecule is CNCc1cc(Br)ccc1OCc1cc(Br)ccc1OC. The fraction of sp³-hybridized carbons (Fsp3) is 0.250. The molecule has 1 N–H and O–H groups in total. The van der Waals surface area contributed by atoms with Crippen molar-refractivity contribution in [2.45, 2.75) is 13.2 Å². The van der Waals surface area contributed by atoms with E-state index in [9.17, 15) is 0 Å². The molecule has 0 radical (unpaired) electrons. The van der Waals surface area contributed by atoms with Crippen LogP contribution in [0.1, 0.15) is 11.1 Å². The van der Waals surface area contributed by atoms with Crippen molar-refractivity contribution in [2.24, 2.45) is 0 Å². The van der Waals surface area contributed by atoms with Gasteiger partial charge in [0.25, 0.3) is 0 Å². The molecule has 0 fully saturated rings. The maximum Gasteiger partial charge on any atom is 0.125 e. The number of nitrogens with one attached hydrogen (secondary N) is 1. The molecule has 0 atom stereocenters. The fourth-order valence-electron chi connectivity index (χ4n) is 2.03. The van der Waals surface area contributed by atoms with Crippen LogP contribution >= 0.6 is 31.9 Å². The summed E-state index contributed by atoms with van der Waals surface area (Å²) in [4.78, 5) is 0. The van der Waals surface area contributed by atoms with Crippen LogP contribution in [0.4, 0.5) is 0 Å². The Balaban J connectivity index is 2.18. The van der Waals surface area contributed by atoms with Crippen LogP contribution in [0.5, 0.6) is 11.5 Å². The third-order valence-electron chi connectivity index (χ3n) is 3.02. The largest absolute Gasteiger partial charge is 0.496 e. The van der Waals surface area contributed by atoms with Gasteiger partial charge in [0.2, 0.25) is 0 Å². The monoisotopic (exact) mass is 413 g/mol. The zero-order valence-electron chi connectivity index (χ0n) is 12.0. The molecule has 0 heterocycles. The topological polar surface area (TPSA) is 30.5 Å². The van der Waals surface area contributed by atoms with Crippen molar-refractivity contribution in [1.29, 1.82) is 0 Å². The summed E-state index contributed by atoms with van der Waals surface area (Å²) < 4.78 is 13.4. The molecule has 0 spiro atoms. The second-order valence-electron chi connectivity index (χ2n) is 4.53. The molecule has 0 aromatic heterocycles. The molecule has 112 valence electrons. The minimum Gasteiger partial charge on any atom is -0.496 e. The van der Waals surface area contributed by atoms with E-state index in [0.29, 0.717) is 6.61 Å². The van der Waals surface area contributed by atoms with Crippen molar-refractivity contribution in [3.8, 4) is 11.5 Å². The first-order valence-corrected chi connectivity index (χ1v) is 8.11. The molecule has 0 aliphatic carbocycles. The second-order valence-corrected chi connectivity index (χ2v) is 6.36. The van der Waals surface area contributed by atoms with Gasteiger partial charge in [0, 0.05) is 26.6 Å². The Hall–Kier alpha value is -1.04. The number of hydrogen-bond acceptors (Lipinski definition) is 3. The van der Waals surface area contributed by atoms with E-state index in [1.807, 2.05) is 37.4 Å². The van der Waals surface area contributed by atoms with Crippen LogP contribution < -0.4 is 14.8 Å². The molecule has 0 amide bonds. The predicted molar refractivity (Wildman–Crippen MR) is 91.9 cm³/mol. The fourth-order valence-corrected chi connectivity index (χ4v) is 2.85. The van der Waals surface area contributed by atoms with Gasteiger partial charge in [-0.05, 0) is 43.4 Å². The standard InChI is InChI=1S/C16H17Br2NO2/c1-19-9-11-7-13(17)4-6-16(11)21-10-12-8-14(18)3-5-15(12)20-2/h3-8,19H,9-10H2,1-2H3. The molecule has 2 rings (SSSR count). The number of hydrogen-bond donors (Lipinski definition) is 1. The first kappa shape index (κ1) is 16.3. The van der Waals surface area contributed by atoms with Gasteiger partial charge in [0.15, 0.2) is 0 Å². The number of ether oxygens (including phenoxy) is 2. The van der Waals surface area contributed by atoms with E-state index < -0.39 is 0 Å². The molecule has 2 aromatic carbocycles. The lowest BCUT2D eigenvalue weighted by atomic mass is 10.2. The molecular weight excluding hydrogens is 398 g/mol. The number of rotatable bonds is 6. The van der Waals surface area contributed by atoms with Gasteiger partial charge in [-0.2, -0.15) is 0 Å². The molecular formula is C16H17Br2NO2. The van der Waals surface area contributed by atoms with Gasteiger partial charge in [-0.1, -0.05) is 31.9 Å². The Morgan fingerprint density at radius 1 is 0.952 bits per heavy atom. The Kier molecular flexibility index (Phi) is 6.08. The van der Waals surface area contributed by atoms with E-state index in [2.05, 4.69) is 43.2 Å². The molecule has 21 heavy (non-hydrogen) atoms. The minimum atomic E-state index is 0.459. The van der Waals surface area contributed by atoms with E-state index in [1.54, 1.807) is 7.11 Å². The van der Waals surface area contributed by atoms with Crippen LogP contribution in [0.25, 0.3) is 0 Å². The molecule has 0 saturated carbocycles. The van der Waals surface area contributed by atoms with Crippen molar-refractivity contribution < 1.29 is 9.47 Å². The first-order valence-electron chi connectivity index (χ1n) is 6.52. The molecule has 0 aliphatic rings. The normalized spacial score (nSPS) is 10.5. The Labute approximate surface area is 141 Å². The summed E-state index contributed by atoms with van der Waals surface area (Å²) in [5.41, 5.74) is 2.12. The predicted octanol–water partition coefficient (Wildman–Crippen LogP) is 4.52. The quantitative estimate of drug-likeness (QED) is 0.753. The average Bonchev–Trinajstić information content (AvgIpc) is 2.47. The Bertz CT molecular complexity index is 617. The van der Waals surface area contributed by atoms with Crippen LogP contribution in [0.3, 0.4) is 0 Å². The van der Waals surface area contributed by atoms with Gasteiger partial charge in [-0.25, -0.2) is 0 Å². The van der Waals surface area contributed by atoms with Gasteiger partial charge < -0.3 is 14.8 Å². The van der Waals surface area contributed by atoms with Crippen molar-refractivity contribution >= 4 is 31.9 Å². The summed E-state index contributed by atoms with van der Waals surface area (Å²) in [6.45, 7) is 1.21. The van der Waals surface area contributed by atoms with E-state index >= 15 is 0 Å². The third-order valence-corrected chi connectivity index (χ3v) is 4.00. The minimum absolute atomic E-state index is 0.459. The molecule has 0 aliphatic heterocycles. The summed E-state index contributed by atoms with van der Waals surface area (Å²) in [5, 5.41) is 3.15. The second kappa shape index (κ2) is 7.82. The molecule has 2 aromatic rings. The van der Waals surface area contributed by atoms with E-state index in [0.717, 1.165) is 38.1 Å². The summed E-state index contributed by atoms with van der Waals surface area (Å²) in [6.07, 6.45) is 0. The smallest absolute Gasteiger partial charge is 0.125 e. The summed E-state index contributed by atoms with van der Waals surface area (Å²) in [6, 6.07) is 11.9. The average molecular weight is 415 g/mol. The van der Waals surface area contributed by atoms with Crippen molar-refractivity contribution in [3.05, 3.63) is 56.5 Å². The summed E-state index contributed by atoms with van der Waals surface area (Å²) in [5.74, 6) is 1.69. The molecule has 0 saturated heterocycles. The highest BCUT2D eigenvalue weighted by Crippen LogP contribution is 2.27. The van der Waals surface area contributed by atoms with Crippen LogP contribution in [-0.4, -0.2) is 14.2 Å². The van der Waals surface area contributed by atoms with Gasteiger partial charge in [0.1, 0.15) is 18.1 Å². The zero-order chi connectivity index (χ0) is 15.2. The van der Waals surface area contributed by atoms with Crippen molar-refractivity contribution in [3.63, 3.8) is 0 Å².